The highest BCUT2D eigenvalue weighted by Gasteiger charge is 2.09. The van der Waals surface area contributed by atoms with Crippen LogP contribution in [0.5, 0.6) is 5.75 Å². The average Bonchev–Trinajstić information content (AvgIpc) is 2.37. The molecule has 2 aromatic rings. The molecule has 18 heavy (non-hydrogen) atoms. The highest BCUT2D eigenvalue weighted by Crippen LogP contribution is 2.36. The van der Waals surface area contributed by atoms with Gasteiger partial charge in [0.2, 0.25) is 0 Å². The largest absolute Gasteiger partial charge is 0.497 e. The van der Waals surface area contributed by atoms with Crippen LogP contribution in [0, 0.1) is 7.14 Å². The van der Waals surface area contributed by atoms with Crippen LogP contribution in [0.2, 0.25) is 5.02 Å². The third-order valence-electron chi connectivity index (χ3n) is 2.25. The van der Waals surface area contributed by atoms with E-state index in [0.717, 1.165) is 10.8 Å². The van der Waals surface area contributed by atoms with Crippen molar-refractivity contribution in [2.75, 3.05) is 7.11 Å². The normalized spacial score (nSPS) is 10.4. The van der Waals surface area contributed by atoms with Crippen molar-refractivity contribution < 1.29 is 4.74 Å². The van der Waals surface area contributed by atoms with E-state index in [1.165, 1.54) is 16.9 Å². The number of hydrogen-bond acceptors (Lipinski definition) is 2. The molecule has 0 radical (unpaired) electrons. The lowest BCUT2D eigenvalue weighted by molar-refractivity contribution is 0.413. The highest BCUT2D eigenvalue weighted by molar-refractivity contribution is 14.1. The molecule has 0 aliphatic rings. The lowest BCUT2D eigenvalue weighted by Crippen LogP contribution is -1.89. The Hall–Kier alpha value is 0.340. The van der Waals surface area contributed by atoms with Gasteiger partial charge in [-0.2, -0.15) is 0 Å². The summed E-state index contributed by atoms with van der Waals surface area (Å²) in [5, 5.41) is 0.759. The second-order valence-electron chi connectivity index (χ2n) is 3.48. The van der Waals surface area contributed by atoms with E-state index in [-0.39, 0.29) is 0 Å². The van der Waals surface area contributed by atoms with Crippen LogP contribution in [-0.2, 0) is 0 Å². The van der Waals surface area contributed by atoms with Gasteiger partial charge in [0, 0.05) is 22.0 Å². The van der Waals surface area contributed by atoms with Gasteiger partial charge < -0.3 is 4.74 Å². The minimum atomic E-state index is 0.759. The summed E-state index contributed by atoms with van der Waals surface area (Å²) in [6.45, 7) is 0. The van der Waals surface area contributed by atoms with Crippen molar-refractivity contribution in [3.05, 3.63) is 48.6 Å². The molecule has 0 amide bonds. The zero-order valence-electron chi connectivity index (χ0n) is 9.41. The summed E-state index contributed by atoms with van der Waals surface area (Å²) >= 11 is 12.3. The molecule has 1 nitrogen and oxygen atoms in total. The molecule has 0 bridgehead atoms. The average molecular weight is 503 g/mol. The molecule has 2 aromatic carbocycles. The van der Waals surface area contributed by atoms with Gasteiger partial charge in [-0.25, -0.2) is 0 Å². The summed E-state index contributed by atoms with van der Waals surface area (Å²) < 4.78 is 7.75. The zero-order chi connectivity index (χ0) is 13.1. The second-order valence-corrected chi connectivity index (χ2v) is 7.27. The second kappa shape index (κ2) is 6.67. The number of methoxy groups -OCH3 is 1. The van der Waals surface area contributed by atoms with Crippen molar-refractivity contribution >= 4 is 68.5 Å². The Morgan fingerprint density at radius 1 is 1.11 bits per heavy atom. The number of hydrogen-bond donors (Lipinski definition) is 0. The Morgan fingerprint density at radius 2 is 1.78 bits per heavy atom. The van der Waals surface area contributed by atoms with Crippen LogP contribution in [0.3, 0.4) is 0 Å². The molecule has 0 heterocycles. The van der Waals surface area contributed by atoms with E-state index >= 15 is 0 Å². The van der Waals surface area contributed by atoms with E-state index in [2.05, 4.69) is 51.2 Å². The van der Waals surface area contributed by atoms with Crippen LogP contribution in [0.4, 0.5) is 0 Å². The van der Waals surface area contributed by atoms with Gasteiger partial charge >= 0.3 is 0 Å². The summed E-state index contributed by atoms with van der Waals surface area (Å²) in [7, 11) is 1.69. The molecular weight excluding hydrogens is 493 g/mol. The molecule has 5 heteroatoms. The summed E-state index contributed by atoms with van der Waals surface area (Å²) in [6, 6.07) is 12.0. The van der Waals surface area contributed by atoms with Crippen molar-refractivity contribution in [2.24, 2.45) is 0 Å². The Balaban J connectivity index is 2.33. The van der Waals surface area contributed by atoms with Crippen molar-refractivity contribution in [2.45, 2.75) is 9.79 Å². The first kappa shape index (κ1) is 14.7. The maximum absolute atomic E-state index is 5.89. The van der Waals surface area contributed by atoms with Gasteiger partial charge in [-0.1, -0.05) is 23.4 Å². The Bertz CT molecular complexity index is 558. The summed E-state index contributed by atoms with van der Waals surface area (Å²) in [6.07, 6.45) is 0. The summed E-state index contributed by atoms with van der Waals surface area (Å²) in [5.74, 6) is 0.885. The molecular formula is C13H9ClI2OS. The van der Waals surface area contributed by atoms with E-state index in [4.69, 9.17) is 16.3 Å². The minimum Gasteiger partial charge on any atom is -0.497 e. The van der Waals surface area contributed by atoms with Gasteiger partial charge in [-0.15, -0.1) is 0 Å². The molecule has 0 saturated carbocycles. The van der Waals surface area contributed by atoms with Crippen molar-refractivity contribution in [3.8, 4) is 5.75 Å². The molecule has 0 aliphatic carbocycles. The quantitative estimate of drug-likeness (QED) is 0.498. The Kier molecular flexibility index (Phi) is 5.47. The van der Waals surface area contributed by atoms with Gasteiger partial charge in [0.05, 0.1) is 7.11 Å². The van der Waals surface area contributed by atoms with E-state index in [1.54, 1.807) is 18.9 Å². The first-order chi connectivity index (χ1) is 8.60. The first-order valence-electron chi connectivity index (χ1n) is 5.06. The minimum absolute atomic E-state index is 0.759. The molecule has 0 aromatic heterocycles. The van der Waals surface area contributed by atoms with Crippen LogP contribution < -0.4 is 4.74 Å². The molecule has 0 fully saturated rings. The molecule has 0 saturated heterocycles. The number of rotatable bonds is 3. The summed E-state index contributed by atoms with van der Waals surface area (Å²) in [4.78, 5) is 2.36. The third-order valence-corrected chi connectivity index (χ3v) is 6.96. The fourth-order valence-electron chi connectivity index (χ4n) is 1.36. The fraction of sp³-hybridized carbons (Fsp3) is 0.0769. The van der Waals surface area contributed by atoms with Crippen molar-refractivity contribution in [1.82, 2.24) is 0 Å². The molecule has 0 spiro atoms. The highest BCUT2D eigenvalue weighted by atomic mass is 127. The number of benzene rings is 2. The van der Waals surface area contributed by atoms with Crippen LogP contribution in [0.25, 0.3) is 0 Å². The van der Waals surface area contributed by atoms with Gasteiger partial charge in [0.25, 0.3) is 0 Å². The molecule has 0 aliphatic heterocycles. The first-order valence-corrected chi connectivity index (χ1v) is 8.42. The zero-order valence-corrected chi connectivity index (χ0v) is 15.3. The number of halogens is 3. The lowest BCUT2D eigenvalue weighted by Gasteiger charge is -2.09. The van der Waals surface area contributed by atoms with Gasteiger partial charge in [-0.05, 0) is 81.6 Å². The molecule has 0 atom stereocenters. The van der Waals surface area contributed by atoms with Crippen LogP contribution in [0.1, 0.15) is 0 Å². The van der Waals surface area contributed by atoms with E-state index in [9.17, 15) is 0 Å². The maximum atomic E-state index is 5.89. The van der Waals surface area contributed by atoms with Crippen LogP contribution >= 0.6 is 68.5 Å². The third kappa shape index (κ3) is 3.68. The predicted molar refractivity (Wildman–Crippen MR) is 94.0 cm³/mol. The standard InChI is InChI=1S/C13H9ClI2OS/c1-17-9-6-11(15)13(16)12(7-9)18-10-4-2-8(14)3-5-10/h2-7H,1H3. The molecule has 94 valence electrons. The fourth-order valence-corrected chi connectivity index (χ4v) is 3.81. The maximum Gasteiger partial charge on any atom is 0.121 e. The monoisotopic (exact) mass is 502 g/mol. The molecule has 0 unspecified atom stereocenters. The van der Waals surface area contributed by atoms with Gasteiger partial charge in [0.15, 0.2) is 0 Å². The van der Waals surface area contributed by atoms with Gasteiger partial charge in [-0.3, -0.25) is 0 Å². The van der Waals surface area contributed by atoms with E-state index in [0.29, 0.717) is 0 Å². The predicted octanol–water partition coefficient (Wildman–Crippen LogP) is 5.71. The van der Waals surface area contributed by atoms with Crippen LogP contribution in [-0.4, -0.2) is 7.11 Å². The smallest absolute Gasteiger partial charge is 0.121 e. The Morgan fingerprint density at radius 3 is 2.39 bits per heavy atom. The van der Waals surface area contributed by atoms with Gasteiger partial charge in [0.1, 0.15) is 5.75 Å². The Labute approximate surface area is 143 Å². The summed E-state index contributed by atoms with van der Waals surface area (Å²) in [5.41, 5.74) is 0. The SMILES string of the molecule is COc1cc(I)c(I)c(Sc2ccc(Cl)cc2)c1. The van der Waals surface area contributed by atoms with Crippen molar-refractivity contribution in [3.63, 3.8) is 0 Å². The molecule has 2 rings (SSSR count). The van der Waals surface area contributed by atoms with E-state index in [1.807, 2.05) is 30.3 Å². The molecule has 0 N–H and O–H groups in total. The van der Waals surface area contributed by atoms with Crippen LogP contribution in [0.15, 0.2) is 46.2 Å². The van der Waals surface area contributed by atoms with E-state index < -0.39 is 0 Å². The topological polar surface area (TPSA) is 9.23 Å². The lowest BCUT2D eigenvalue weighted by atomic mass is 10.3. The van der Waals surface area contributed by atoms with Crippen molar-refractivity contribution in [1.29, 1.82) is 0 Å². The number of ether oxygens (including phenoxy) is 1.